The lowest BCUT2D eigenvalue weighted by Gasteiger charge is -2.34. The molecule has 0 heterocycles. The van der Waals surface area contributed by atoms with E-state index in [0.717, 1.165) is 29.9 Å². The lowest BCUT2D eigenvalue weighted by atomic mass is 9.67. The van der Waals surface area contributed by atoms with E-state index in [2.05, 4.69) is 236 Å². The third-order valence-electron chi connectivity index (χ3n) is 12.0. The van der Waals surface area contributed by atoms with Gasteiger partial charge >= 0.3 is 0 Å². The number of hydrogen-bond donors (Lipinski definition) is 0. The minimum absolute atomic E-state index is 0.491. The zero-order valence-electron chi connectivity index (χ0n) is 38.8. The highest BCUT2D eigenvalue weighted by Crippen LogP contribution is 2.56. The molecule has 0 aliphatic heterocycles. The molecule has 2 heteroatoms. The van der Waals surface area contributed by atoms with Crippen LogP contribution in [0.1, 0.15) is 75.3 Å². The second-order valence-corrected chi connectivity index (χ2v) is 16.4. The number of benzene rings is 8. The number of thioether (sulfide) groups is 1. The predicted octanol–water partition coefficient (Wildman–Crippen LogP) is 18.6. The third kappa shape index (κ3) is 9.37. The number of allylic oxidation sites excluding steroid dienone is 5. The first-order chi connectivity index (χ1) is 32.1. The Labute approximate surface area is 393 Å². The van der Waals surface area contributed by atoms with E-state index in [1.54, 1.807) is 17.8 Å². The van der Waals surface area contributed by atoms with Gasteiger partial charge in [-0.15, -0.1) is 18.3 Å². The predicted molar refractivity (Wildman–Crippen MR) is 286 cm³/mol. The molecule has 0 bridgehead atoms. The molecule has 0 radical (unpaired) electrons. The molecule has 0 amide bonds. The van der Waals surface area contributed by atoms with Crippen LogP contribution in [0.2, 0.25) is 0 Å². The SMILES string of the molecule is C=CC.CC.CC.CSc1ccccc1-c1ccc(C2(c3ccc(N(c4ccc(C5=CC=CCC5)cc4)c4ccc(-c5ccccc5)cc4)cc3)c3ccccc3-c3ccccc32)cc1. The Bertz CT molecular complexity index is 2780. The Morgan fingerprint density at radius 3 is 1.40 bits per heavy atom. The van der Waals surface area contributed by atoms with Gasteiger partial charge in [0.1, 0.15) is 0 Å². The molecule has 8 aromatic rings. The maximum absolute atomic E-state index is 3.36. The molecule has 324 valence electrons. The van der Waals surface area contributed by atoms with Crippen molar-refractivity contribution >= 4 is 34.4 Å². The van der Waals surface area contributed by atoms with Crippen molar-refractivity contribution in [3.63, 3.8) is 0 Å². The van der Waals surface area contributed by atoms with Gasteiger partial charge in [-0.2, -0.15) is 0 Å². The maximum Gasteiger partial charge on any atom is 0.0713 e. The first-order valence-electron chi connectivity index (χ1n) is 23.2. The van der Waals surface area contributed by atoms with Crippen LogP contribution in [0.5, 0.6) is 0 Å². The Morgan fingerprint density at radius 2 is 0.892 bits per heavy atom. The Kier molecular flexibility index (Phi) is 15.7. The van der Waals surface area contributed by atoms with Crippen molar-refractivity contribution in [3.05, 3.63) is 259 Å². The van der Waals surface area contributed by atoms with Crippen LogP contribution in [0.4, 0.5) is 17.1 Å². The van der Waals surface area contributed by atoms with Gasteiger partial charge in [0.15, 0.2) is 0 Å². The molecule has 8 aromatic carbocycles. The minimum atomic E-state index is -0.491. The summed E-state index contributed by atoms with van der Waals surface area (Å²) in [7, 11) is 0. The summed E-state index contributed by atoms with van der Waals surface area (Å²) < 4.78 is 0. The average molecular weight is 864 g/mol. The summed E-state index contributed by atoms with van der Waals surface area (Å²) in [4.78, 5) is 3.67. The molecule has 0 saturated carbocycles. The highest BCUT2D eigenvalue weighted by Gasteiger charge is 2.46. The molecule has 0 N–H and O–H groups in total. The van der Waals surface area contributed by atoms with Gasteiger partial charge in [-0.05, 0) is 135 Å². The van der Waals surface area contributed by atoms with Crippen molar-refractivity contribution in [1.29, 1.82) is 0 Å². The van der Waals surface area contributed by atoms with Crippen LogP contribution in [-0.2, 0) is 5.41 Å². The maximum atomic E-state index is 3.36. The fraction of sp³-hybridized carbons (Fsp3) is 0.143. The molecule has 0 aromatic heterocycles. The summed E-state index contributed by atoms with van der Waals surface area (Å²) in [5, 5.41) is 0. The topological polar surface area (TPSA) is 3.24 Å². The zero-order chi connectivity index (χ0) is 45.6. The zero-order valence-corrected chi connectivity index (χ0v) is 39.7. The van der Waals surface area contributed by atoms with Gasteiger partial charge < -0.3 is 4.90 Å². The molecule has 65 heavy (non-hydrogen) atoms. The minimum Gasteiger partial charge on any atom is -0.311 e. The second-order valence-electron chi connectivity index (χ2n) is 15.5. The van der Waals surface area contributed by atoms with E-state index in [4.69, 9.17) is 0 Å². The molecule has 2 aliphatic carbocycles. The van der Waals surface area contributed by atoms with Gasteiger partial charge in [0.2, 0.25) is 0 Å². The molecule has 0 saturated heterocycles. The number of anilines is 3. The molecule has 0 atom stereocenters. The summed E-state index contributed by atoms with van der Waals surface area (Å²) in [5.41, 5.74) is 18.2. The van der Waals surface area contributed by atoms with Gasteiger partial charge in [0.05, 0.1) is 5.41 Å². The number of nitrogens with zero attached hydrogens (tertiary/aromatic N) is 1. The Hall–Kier alpha value is -6.87. The third-order valence-corrected chi connectivity index (χ3v) is 12.8. The van der Waals surface area contributed by atoms with Crippen LogP contribution >= 0.6 is 11.8 Å². The molecule has 2 aliphatic rings. The quantitative estimate of drug-likeness (QED) is 0.105. The van der Waals surface area contributed by atoms with E-state index >= 15 is 0 Å². The van der Waals surface area contributed by atoms with Crippen LogP contribution in [0.3, 0.4) is 0 Å². The van der Waals surface area contributed by atoms with Crippen LogP contribution in [0.25, 0.3) is 39.0 Å². The van der Waals surface area contributed by atoms with Crippen LogP contribution < -0.4 is 4.90 Å². The highest BCUT2D eigenvalue weighted by molar-refractivity contribution is 7.98. The highest BCUT2D eigenvalue weighted by atomic mass is 32.2. The van der Waals surface area contributed by atoms with Crippen molar-refractivity contribution in [1.82, 2.24) is 0 Å². The summed E-state index contributed by atoms with van der Waals surface area (Å²) >= 11 is 1.80. The molecule has 10 rings (SSSR count). The van der Waals surface area contributed by atoms with Crippen molar-refractivity contribution < 1.29 is 0 Å². The van der Waals surface area contributed by atoms with Gasteiger partial charge in [0, 0.05) is 22.0 Å². The van der Waals surface area contributed by atoms with E-state index < -0.39 is 5.41 Å². The first-order valence-corrected chi connectivity index (χ1v) is 24.4. The molecule has 0 spiro atoms. The Balaban J connectivity index is 0.000000855. The second kappa shape index (κ2) is 22.2. The van der Waals surface area contributed by atoms with Gasteiger partial charge in [-0.25, -0.2) is 0 Å². The Morgan fingerprint density at radius 1 is 0.477 bits per heavy atom. The van der Waals surface area contributed by atoms with E-state index in [1.807, 2.05) is 34.6 Å². The van der Waals surface area contributed by atoms with Crippen LogP contribution in [-0.4, -0.2) is 6.26 Å². The van der Waals surface area contributed by atoms with E-state index in [0.29, 0.717) is 0 Å². The van der Waals surface area contributed by atoms with Crippen molar-refractivity contribution in [3.8, 4) is 33.4 Å². The molecule has 0 fully saturated rings. The molecule has 0 unspecified atom stereocenters. The van der Waals surface area contributed by atoms with E-state index in [-0.39, 0.29) is 0 Å². The van der Waals surface area contributed by atoms with Crippen molar-refractivity contribution in [2.45, 2.75) is 57.8 Å². The number of fused-ring (bicyclic) bond motifs is 3. The van der Waals surface area contributed by atoms with Crippen molar-refractivity contribution in [2.75, 3.05) is 11.2 Å². The summed E-state index contributed by atoms with van der Waals surface area (Å²) in [6, 6.07) is 74.1. The van der Waals surface area contributed by atoms with E-state index in [1.165, 1.54) is 71.7 Å². The fourth-order valence-corrected chi connectivity index (χ4v) is 9.84. The molecular formula is C63H61NS. The van der Waals surface area contributed by atoms with Gasteiger partial charge in [0.25, 0.3) is 0 Å². The standard InChI is InChI=1S/C56H43NS.C3H6.2C2H6/c1-58-55-23-13-10-18-50(55)44-24-30-45(31-25-44)56(53-21-11-8-19-51(53)52-20-9-12-22-54(52)56)46-32-38-49(39-33-46)57(47-34-26-42(27-35-47)40-14-4-2-5-15-40)48-36-28-43(29-37-48)41-16-6-3-7-17-41;1-3-2;2*1-2/h2-6,8-16,18-39H,7,17H2,1H3;3H,1H2,2H3;2*1-2H3. The lowest BCUT2D eigenvalue weighted by molar-refractivity contribution is 0.768. The normalized spacial score (nSPS) is 12.6. The smallest absolute Gasteiger partial charge is 0.0713 e. The summed E-state index contributed by atoms with van der Waals surface area (Å²) in [6.45, 7) is 13.2. The van der Waals surface area contributed by atoms with Crippen LogP contribution in [0, 0.1) is 0 Å². The average Bonchev–Trinajstić information content (AvgIpc) is 3.70. The molecule has 1 nitrogen and oxygen atoms in total. The van der Waals surface area contributed by atoms with E-state index in [9.17, 15) is 0 Å². The van der Waals surface area contributed by atoms with Crippen LogP contribution in [0.15, 0.2) is 236 Å². The summed E-state index contributed by atoms with van der Waals surface area (Å²) in [5.74, 6) is 0. The monoisotopic (exact) mass is 863 g/mol. The first kappa shape index (κ1) is 46.1. The summed E-state index contributed by atoms with van der Waals surface area (Å²) in [6.07, 6.45) is 12.7. The fourth-order valence-electron chi connectivity index (χ4n) is 9.22. The number of rotatable bonds is 9. The molecular weight excluding hydrogens is 803 g/mol. The largest absolute Gasteiger partial charge is 0.311 e. The van der Waals surface area contributed by atoms with Crippen molar-refractivity contribution in [2.24, 2.45) is 0 Å². The number of hydrogen-bond acceptors (Lipinski definition) is 2. The van der Waals surface area contributed by atoms with Gasteiger partial charge in [-0.3, -0.25) is 0 Å². The lowest BCUT2D eigenvalue weighted by Crippen LogP contribution is -2.28. The van der Waals surface area contributed by atoms with Gasteiger partial charge in [-0.1, -0.05) is 210 Å².